The summed E-state index contributed by atoms with van der Waals surface area (Å²) < 4.78 is 5.70. The predicted octanol–water partition coefficient (Wildman–Crippen LogP) is 3.13. The van der Waals surface area contributed by atoms with Crippen LogP contribution >= 0.6 is 0 Å². The minimum Gasteiger partial charge on any atom is -0.493 e. The van der Waals surface area contributed by atoms with E-state index >= 15 is 0 Å². The maximum Gasteiger partial charge on any atom is 0.130 e. The summed E-state index contributed by atoms with van der Waals surface area (Å²) in [5.74, 6) is 0.927. The summed E-state index contributed by atoms with van der Waals surface area (Å²) in [6.07, 6.45) is 1.13. The van der Waals surface area contributed by atoms with E-state index in [1.54, 1.807) is 0 Å². The highest BCUT2D eigenvalue weighted by Gasteiger charge is 2.05. The second kappa shape index (κ2) is 6.36. The Morgan fingerprint density at radius 3 is 2.83 bits per heavy atom. The number of hydrogen-bond acceptors (Lipinski definition) is 3. The van der Waals surface area contributed by atoms with Crippen LogP contribution in [0.1, 0.15) is 26.0 Å². The number of para-hydroxylation sites is 1. The molecule has 0 aliphatic rings. The van der Waals surface area contributed by atoms with Crippen LogP contribution < -0.4 is 10.1 Å². The highest BCUT2D eigenvalue weighted by atomic mass is 16.5. The third-order valence-electron chi connectivity index (χ3n) is 2.76. The summed E-state index contributed by atoms with van der Waals surface area (Å²) in [6, 6.07) is 10.1. The number of benzene rings is 1. The summed E-state index contributed by atoms with van der Waals surface area (Å²) in [6.45, 7) is 6.64. The molecule has 2 aromatic rings. The molecule has 0 saturated heterocycles. The zero-order valence-electron chi connectivity index (χ0n) is 11.1. The first kappa shape index (κ1) is 12.8. The highest BCUT2D eigenvalue weighted by Crippen LogP contribution is 2.25. The van der Waals surface area contributed by atoms with Crippen molar-refractivity contribution < 1.29 is 4.74 Å². The van der Waals surface area contributed by atoms with Gasteiger partial charge in [-0.3, -0.25) is 4.98 Å². The number of pyridine rings is 1. The number of rotatable bonds is 6. The van der Waals surface area contributed by atoms with E-state index in [9.17, 15) is 0 Å². The minimum atomic E-state index is 0.676. The number of nitrogens with zero attached hydrogens (tertiary/aromatic N) is 1. The van der Waals surface area contributed by atoms with E-state index in [0.717, 1.165) is 41.9 Å². The Balaban J connectivity index is 2.31. The molecule has 0 fully saturated rings. The van der Waals surface area contributed by atoms with E-state index in [1.807, 2.05) is 31.2 Å². The molecule has 0 amide bonds. The molecule has 0 aliphatic heterocycles. The lowest BCUT2D eigenvalue weighted by Crippen LogP contribution is -2.15. The van der Waals surface area contributed by atoms with Gasteiger partial charge in [-0.1, -0.05) is 19.1 Å². The molecule has 0 saturated carbocycles. The molecule has 1 heterocycles. The summed E-state index contributed by atoms with van der Waals surface area (Å²) in [7, 11) is 0. The number of nitrogens with one attached hydrogen (secondary N) is 1. The van der Waals surface area contributed by atoms with Gasteiger partial charge in [0.15, 0.2) is 0 Å². The Hall–Kier alpha value is -1.61. The molecule has 0 spiro atoms. The second-order valence-corrected chi connectivity index (χ2v) is 4.24. The smallest absolute Gasteiger partial charge is 0.130 e. The van der Waals surface area contributed by atoms with Crippen molar-refractivity contribution in [2.75, 3.05) is 13.2 Å². The fraction of sp³-hybridized carbons (Fsp3) is 0.400. The Morgan fingerprint density at radius 1 is 1.22 bits per heavy atom. The van der Waals surface area contributed by atoms with Crippen molar-refractivity contribution in [1.82, 2.24) is 10.3 Å². The quantitative estimate of drug-likeness (QED) is 0.793. The maximum atomic E-state index is 5.70. The largest absolute Gasteiger partial charge is 0.493 e. The van der Waals surface area contributed by atoms with Crippen molar-refractivity contribution in [2.24, 2.45) is 0 Å². The van der Waals surface area contributed by atoms with Crippen LogP contribution in [0.15, 0.2) is 30.3 Å². The number of aromatic nitrogens is 1. The molecule has 0 unspecified atom stereocenters. The van der Waals surface area contributed by atoms with Gasteiger partial charge in [0.25, 0.3) is 0 Å². The summed E-state index contributed by atoms with van der Waals surface area (Å²) in [5.41, 5.74) is 2.03. The topological polar surface area (TPSA) is 34.1 Å². The molecular formula is C15H20N2O. The molecule has 18 heavy (non-hydrogen) atoms. The minimum absolute atomic E-state index is 0.676. The summed E-state index contributed by atoms with van der Waals surface area (Å²) in [4.78, 5) is 4.65. The third-order valence-corrected chi connectivity index (χ3v) is 2.76. The van der Waals surface area contributed by atoms with Crippen LogP contribution in [0.5, 0.6) is 5.75 Å². The Morgan fingerprint density at radius 2 is 2.06 bits per heavy atom. The van der Waals surface area contributed by atoms with Gasteiger partial charge in [0.2, 0.25) is 0 Å². The highest BCUT2D eigenvalue weighted by molar-refractivity contribution is 5.85. The lowest BCUT2D eigenvalue weighted by Gasteiger charge is -2.10. The van der Waals surface area contributed by atoms with Crippen LogP contribution in [0, 0.1) is 0 Å². The summed E-state index contributed by atoms with van der Waals surface area (Å²) in [5, 5.41) is 4.45. The van der Waals surface area contributed by atoms with Crippen molar-refractivity contribution in [3.05, 3.63) is 36.0 Å². The molecule has 96 valence electrons. The van der Waals surface area contributed by atoms with Gasteiger partial charge in [0, 0.05) is 18.0 Å². The van der Waals surface area contributed by atoms with Crippen molar-refractivity contribution in [3.8, 4) is 5.75 Å². The molecule has 3 heteroatoms. The van der Waals surface area contributed by atoms with Crippen LogP contribution in [0.4, 0.5) is 0 Å². The standard InChI is InChI=1S/C15H20N2O/c1-3-9-16-11-12-10-15(18-4-2)13-7-5-6-8-14(13)17-12/h5-8,10,16H,3-4,9,11H2,1-2H3. The van der Waals surface area contributed by atoms with Crippen LogP contribution in [0.2, 0.25) is 0 Å². The van der Waals surface area contributed by atoms with Crippen LogP contribution in [-0.4, -0.2) is 18.1 Å². The molecular weight excluding hydrogens is 224 g/mol. The van der Waals surface area contributed by atoms with Gasteiger partial charge >= 0.3 is 0 Å². The molecule has 0 bridgehead atoms. The average molecular weight is 244 g/mol. The van der Waals surface area contributed by atoms with E-state index in [0.29, 0.717) is 6.61 Å². The predicted molar refractivity (Wildman–Crippen MR) is 74.9 cm³/mol. The molecule has 2 rings (SSSR count). The van der Waals surface area contributed by atoms with Gasteiger partial charge in [-0.05, 0) is 32.0 Å². The first-order chi connectivity index (χ1) is 8.85. The zero-order valence-corrected chi connectivity index (χ0v) is 11.1. The first-order valence-electron chi connectivity index (χ1n) is 6.57. The third kappa shape index (κ3) is 2.99. The molecule has 1 N–H and O–H groups in total. The molecule has 0 atom stereocenters. The van der Waals surface area contributed by atoms with Crippen molar-refractivity contribution in [3.63, 3.8) is 0 Å². The second-order valence-electron chi connectivity index (χ2n) is 4.24. The van der Waals surface area contributed by atoms with Gasteiger partial charge < -0.3 is 10.1 Å². The summed E-state index contributed by atoms with van der Waals surface area (Å²) >= 11 is 0. The normalized spacial score (nSPS) is 10.8. The lowest BCUT2D eigenvalue weighted by molar-refractivity contribution is 0.343. The fourth-order valence-electron chi connectivity index (χ4n) is 1.95. The van der Waals surface area contributed by atoms with Crippen molar-refractivity contribution in [2.45, 2.75) is 26.8 Å². The monoisotopic (exact) mass is 244 g/mol. The number of hydrogen-bond donors (Lipinski definition) is 1. The van der Waals surface area contributed by atoms with Crippen LogP contribution in [0.3, 0.4) is 0 Å². The molecule has 1 aromatic carbocycles. The molecule has 0 aliphatic carbocycles. The van der Waals surface area contributed by atoms with E-state index in [2.05, 4.69) is 23.3 Å². The molecule has 3 nitrogen and oxygen atoms in total. The van der Waals surface area contributed by atoms with Crippen LogP contribution in [-0.2, 0) is 6.54 Å². The van der Waals surface area contributed by atoms with Crippen LogP contribution in [0.25, 0.3) is 10.9 Å². The van der Waals surface area contributed by atoms with Gasteiger partial charge in [0.05, 0.1) is 17.8 Å². The average Bonchev–Trinajstić information content (AvgIpc) is 2.39. The fourth-order valence-corrected chi connectivity index (χ4v) is 1.95. The first-order valence-corrected chi connectivity index (χ1v) is 6.57. The lowest BCUT2D eigenvalue weighted by atomic mass is 10.2. The molecule has 0 radical (unpaired) electrons. The Labute approximate surface area is 108 Å². The Kier molecular flexibility index (Phi) is 4.53. The SMILES string of the molecule is CCCNCc1cc(OCC)c2ccccc2n1. The Bertz CT molecular complexity index is 511. The van der Waals surface area contributed by atoms with E-state index in [1.165, 1.54) is 0 Å². The van der Waals surface area contributed by atoms with E-state index < -0.39 is 0 Å². The van der Waals surface area contributed by atoms with E-state index in [-0.39, 0.29) is 0 Å². The molecule has 1 aromatic heterocycles. The van der Waals surface area contributed by atoms with Gasteiger partial charge in [-0.15, -0.1) is 0 Å². The maximum absolute atomic E-state index is 5.70. The van der Waals surface area contributed by atoms with Gasteiger partial charge in [-0.25, -0.2) is 0 Å². The number of fused-ring (bicyclic) bond motifs is 1. The van der Waals surface area contributed by atoms with Gasteiger partial charge in [0.1, 0.15) is 5.75 Å². The van der Waals surface area contributed by atoms with Crippen molar-refractivity contribution >= 4 is 10.9 Å². The van der Waals surface area contributed by atoms with Crippen molar-refractivity contribution in [1.29, 1.82) is 0 Å². The number of ether oxygens (including phenoxy) is 1. The van der Waals surface area contributed by atoms with Gasteiger partial charge in [-0.2, -0.15) is 0 Å². The van der Waals surface area contributed by atoms with E-state index in [4.69, 9.17) is 4.74 Å². The zero-order chi connectivity index (χ0) is 12.8.